The first-order valence-electron chi connectivity index (χ1n) is 5.95. The Morgan fingerprint density at radius 1 is 1.26 bits per heavy atom. The van der Waals surface area contributed by atoms with E-state index in [1.807, 2.05) is 6.92 Å². The van der Waals surface area contributed by atoms with Crippen molar-refractivity contribution < 1.29 is 24.2 Å². The van der Waals surface area contributed by atoms with Gasteiger partial charge in [-0.15, -0.1) is 0 Å². The lowest BCUT2D eigenvalue weighted by atomic mass is 9.81. The van der Waals surface area contributed by atoms with Gasteiger partial charge in [0.15, 0.2) is 0 Å². The molecule has 0 bridgehead atoms. The van der Waals surface area contributed by atoms with Crippen LogP contribution in [0.2, 0.25) is 0 Å². The Morgan fingerprint density at radius 2 is 1.84 bits per heavy atom. The molecule has 5 nitrogen and oxygen atoms in total. The molecule has 104 valence electrons. The van der Waals surface area contributed by atoms with Crippen molar-refractivity contribution >= 4 is 11.9 Å². The molecule has 1 rings (SSSR count). The van der Waals surface area contributed by atoms with E-state index in [4.69, 9.17) is 9.47 Å². The van der Waals surface area contributed by atoms with E-state index in [1.165, 1.54) is 7.11 Å². The predicted octanol–water partition coefficient (Wildman–Crippen LogP) is 1.53. The van der Waals surface area contributed by atoms with Crippen molar-refractivity contribution in [2.75, 3.05) is 20.3 Å². The Morgan fingerprint density at radius 3 is 2.26 bits per heavy atom. The number of aliphatic carboxylic acids is 1. The number of carbonyl (C=O) groups excluding carboxylic acids is 1. The first-order valence-corrected chi connectivity index (χ1v) is 5.95. The van der Waals surface area contributed by atoms with Gasteiger partial charge in [-0.25, -0.2) is 0 Å². The minimum atomic E-state index is -1.82. The summed E-state index contributed by atoms with van der Waals surface area (Å²) in [7, 11) is 1.35. The Kier molecular flexibility index (Phi) is 5.06. The van der Waals surface area contributed by atoms with E-state index in [2.05, 4.69) is 0 Å². The molecule has 1 N–H and O–H groups in total. The zero-order chi connectivity index (χ0) is 14.5. The first kappa shape index (κ1) is 15.2. The Hall–Kier alpha value is -1.88. The second-order valence-corrected chi connectivity index (χ2v) is 4.23. The van der Waals surface area contributed by atoms with Crippen molar-refractivity contribution in [2.45, 2.75) is 19.3 Å². The SMILES string of the molecule is CCOC(=O)C(COC)(C(=O)O)c1ccc(C)cc1. The molecule has 0 amide bonds. The third-order valence-corrected chi connectivity index (χ3v) is 2.89. The molecular formula is C14H18O5. The van der Waals surface area contributed by atoms with Crippen LogP contribution >= 0.6 is 0 Å². The number of carboxylic acids is 1. The van der Waals surface area contributed by atoms with E-state index in [9.17, 15) is 14.7 Å². The third kappa shape index (κ3) is 2.93. The predicted molar refractivity (Wildman–Crippen MR) is 69.0 cm³/mol. The highest BCUT2D eigenvalue weighted by atomic mass is 16.5. The van der Waals surface area contributed by atoms with E-state index in [0.717, 1.165) is 5.56 Å². The number of benzene rings is 1. The van der Waals surface area contributed by atoms with Gasteiger partial charge in [0.2, 0.25) is 5.41 Å². The summed E-state index contributed by atoms with van der Waals surface area (Å²) in [5.74, 6) is -2.09. The smallest absolute Gasteiger partial charge is 0.330 e. The molecule has 1 aromatic rings. The van der Waals surface area contributed by atoms with E-state index in [1.54, 1.807) is 31.2 Å². The summed E-state index contributed by atoms with van der Waals surface area (Å²) in [5, 5.41) is 9.49. The molecule has 19 heavy (non-hydrogen) atoms. The van der Waals surface area contributed by atoms with Gasteiger partial charge in [0, 0.05) is 7.11 Å². The molecule has 0 aliphatic heterocycles. The minimum absolute atomic E-state index is 0.115. The molecule has 1 aromatic carbocycles. The van der Waals surface area contributed by atoms with Crippen molar-refractivity contribution in [2.24, 2.45) is 0 Å². The molecule has 0 aromatic heterocycles. The summed E-state index contributed by atoms with van der Waals surface area (Å²) in [6, 6.07) is 6.72. The third-order valence-electron chi connectivity index (χ3n) is 2.89. The number of hydrogen-bond acceptors (Lipinski definition) is 4. The molecule has 0 aliphatic carbocycles. The molecular weight excluding hydrogens is 248 g/mol. The highest BCUT2D eigenvalue weighted by Gasteiger charge is 2.49. The van der Waals surface area contributed by atoms with Crippen LogP contribution in [0.4, 0.5) is 0 Å². The van der Waals surface area contributed by atoms with Crippen LogP contribution in [0.15, 0.2) is 24.3 Å². The largest absolute Gasteiger partial charge is 0.480 e. The zero-order valence-corrected chi connectivity index (χ0v) is 11.3. The maximum absolute atomic E-state index is 12.1. The van der Waals surface area contributed by atoms with Gasteiger partial charge in [0.25, 0.3) is 0 Å². The topological polar surface area (TPSA) is 72.8 Å². The van der Waals surface area contributed by atoms with Crippen molar-refractivity contribution in [1.82, 2.24) is 0 Å². The van der Waals surface area contributed by atoms with Crippen molar-refractivity contribution in [3.05, 3.63) is 35.4 Å². The first-order chi connectivity index (χ1) is 8.98. The maximum Gasteiger partial charge on any atom is 0.330 e. The average Bonchev–Trinajstić information content (AvgIpc) is 2.37. The molecule has 0 saturated heterocycles. The summed E-state index contributed by atoms with van der Waals surface area (Å²) < 4.78 is 9.85. The van der Waals surface area contributed by atoms with Gasteiger partial charge in [-0.1, -0.05) is 29.8 Å². The minimum Gasteiger partial charge on any atom is -0.480 e. The fraction of sp³-hybridized carbons (Fsp3) is 0.429. The number of carboxylic acid groups (broad SMARTS) is 1. The van der Waals surface area contributed by atoms with Gasteiger partial charge in [-0.3, -0.25) is 9.59 Å². The Bertz CT molecular complexity index is 451. The molecule has 0 heterocycles. The molecule has 5 heteroatoms. The van der Waals surface area contributed by atoms with Crippen LogP contribution in [-0.4, -0.2) is 37.4 Å². The lowest BCUT2D eigenvalue weighted by molar-refractivity contribution is -0.164. The van der Waals surface area contributed by atoms with E-state index >= 15 is 0 Å². The molecule has 0 saturated carbocycles. The summed E-state index contributed by atoms with van der Waals surface area (Å²) in [6.45, 7) is 3.35. The molecule has 1 atom stereocenters. The lowest BCUT2D eigenvalue weighted by Gasteiger charge is -2.26. The summed E-state index contributed by atoms with van der Waals surface area (Å²) in [5.41, 5.74) is -0.492. The fourth-order valence-electron chi connectivity index (χ4n) is 1.84. The van der Waals surface area contributed by atoms with Crippen LogP contribution in [0.5, 0.6) is 0 Å². The monoisotopic (exact) mass is 266 g/mol. The summed E-state index contributed by atoms with van der Waals surface area (Å²) in [6.07, 6.45) is 0. The number of carbonyl (C=O) groups is 2. The van der Waals surface area contributed by atoms with Crippen LogP contribution in [0.1, 0.15) is 18.1 Å². The maximum atomic E-state index is 12.1. The number of ether oxygens (including phenoxy) is 2. The number of esters is 1. The van der Waals surface area contributed by atoms with Crippen molar-refractivity contribution in [3.8, 4) is 0 Å². The number of aryl methyl sites for hydroxylation is 1. The van der Waals surface area contributed by atoms with Crippen LogP contribution in [0.25, 0.3) is 0 Å². The molecule has 1 unspecified atom stereocenters. The Labute approximate surface area is 112 Å². The molecule has 0 aliphatic rings. The normalized spacial score (nSPS) is 13.6. The molecule has 0 spiro atoms. The second kappa shape index (κ2) is 6.33. The van der Waals surface area contributed by atoms with Gasteiger partial charge >= 0.3 is 11.9 Å². The van der Waals surface area contributed by atoms with Crippen molar-refractivity contribution in [3.63, 3.8) is 0 Å². The number of methoxy groups -OCH3 is 1. The van der Waals surface area contributed by atoms with Crippen LogP contribution in [-0.2, 0) is 24.5 Å². The van der Waals surface area contributed by atoms with Gasteiger partial charge in [0.1, 0.15) is 0 Å². The standard InChI is InChI=1S/C14H18O5/c1-4-19-13(17)14(9-18-3,12(15)16)11-7-5-10(2)6-8-11/h5-8H,4,9H2,1-3H3,(H,15,16). The van der Waals surface area contributed by atoms with Gasteiger partial charge in [-0.05, 0) is 19.4 Å². The Balaban J connectivity index is 3.34. The van der Waals surface area contributed by atoms with Crippen molar-refractivity contribution in [1.29, 1.82) is 0 Å². The van der Waals surface area contributed by atoms with E-state index < -0.39 is 17.4 Å². The zero-order valence-electron chi connectivity index (χ0n) is 11.3. The van der Waals surface area contributed by atoms with Gasteiger partial charge in [-0.2, -0.15) is 0 Å². The molecule has 0 fully saturated rings. The van der Waals surface area contributed by atoms with Gasteiger partial charge < -0.3 is 14.6 Å². The summed E-state index contributed by atoms with van der Waals surface area (Å²) >= 11 is 0. The summed E-state index contributed by atoms with van der Waals surface area (Å²) in [4.78, 5) is 23.7. The number of hydrogen-bond donors (Lipinski definition) is 1. The van der Waals surface area contributed by atoms with E-state index in [-0.39, 0.29) is 13.2 Å². The molecule has 0 radical (unpaired) electrons. The van der Waals surface area contributed by atoms with Crippen LogP contribution in [0.3, 0.4) is 0 Å². The van der Waals surface area contributed by atoms with Crippen LogP contribution in [0, 0.1) is 6.92 Å². The highest BCUT2D eigenvalue weighted by molar-refractivity contribution is 6.05. The average molecular weight is 266 g/mol. The van der Waals surface area contributed by atoms with E-state index in [0.29, 0.717) is 5.56 Å². The van der Waals surface area contributed by atoms with Gasteiger partial charge in [0.05, 0.1) is 13.2 Å². The lowest BCUT2D eigenvalue weighted by Crippen LogP contribution is -2.48. The highest BCUT2D eigenvalue weighted by Crippen LogP contribution is 2.27. The quantitative estimate of drug-likeness (QED) is 0.624. The second-order valence-electron chi connectivity index (χ2n) is 4.23. The van der Waals surface area contributed by atoms with Crippen LogP contribution < -0.4 is 0 Å². The fourth-order valence-corrected chi connectivity index (χ4v) is 1.84. The number of rotatable bonds is 6.